The van der Waals surface area contributed by atoms with Crippen LogP contribution >= 0.6 is 0 Å². The number of hydrogen-bond acceptors (Lipinski definition) is 4. The fraction of sp³-hybridized carbons (Fsp3) is 0.500. The van der Waals surface area contributed by atoms with Crippen molar-refractivity contribution in [1.82, 2.24) is 4.72 Å². The second kappa shape index (κ2) is 6.13. The van der Waals surface area contributed by atoms with Gasteiger partial charge in [0.05, 0.1) is 6.61 Å². The number of ether oxygens (including phenoxy) is 1. The van der Waals surface area contributed by atoms with E-state index < -0.39 is 33.2 Å². The highest BCUT2D eigenvalue weighted by molar-refractivity contribution is 7.89. The molecule has 0 amide bonds. The molecule has 1 aliphatic rings. The van der Waals surface area contributed by atoms with E-state index in [1.165, 1.54) is 0 Å². The summed E-state index contributed by atoms with van der Waals surface area (Å²) in [6, 6.07) is 1.33. The second-order valence-corrected chi connectivity index (χ2v) is 6.24. The van der Waals surface area contributed by atoms with Crippen LogP contribution in [0, 0.1) is 11.6 Å². The van der Waals surface area contributed by atoms with Gasteiger partial charge in [0, 0.05) is 19.3 Å². The van der Waals surface area contributed by atoms with Crippen molar-refractivity contribution < 1.29 is 27.0 Å². The number of hydrogen-bond donors (Lipinski definition) is 2. The molecular weight excluding hydrogens is 292 g/mol. The maximum Gasteiger partial charge on any atom is 0.243 e. The van der Waals surface area contributed by atoms with Crippen molar-refractivity contribution in [2.45, 2.75) is 30.4 Å². The predicted octanol–water partition coefficient (Wildman–Crippen LogP) is 0.914. The summed E-state index contributed by atoms with van der Waals surface area (Å²) in [6.07, 6.45) is 0.950. The van der Waals surface area contributed by atoms with Crippen LogP contribution in [0.25, 0.3) is 0 Å². The Labute approximate surface area is 115 Å². The van der Waals surface area contributed by atoms with Crippen LogP contribution < -0.4 is 4.72 Å². The third-order valence-electron chi connectivity index (χ3n) is 3.07. The Morgan fingerprint density at radius 1 is 1.30 bits per heavy atom. The lowest BCUT2D eigenvalue weighted by atomic mass is 10.1. The van der Waals surface area contributed by atoms with Gasteiger partial charge in [-0.15, -0.1) is 0 Å². The Morgan fingerprint density at radius 3 is 2.55 bits per heavy atom. The maximum absolute atomic E-state index is 13.7. The van der Waals surface area contributed by atoms with Crippen LogP contribution in [0.1, 0.15) is 18.4 Å². The lowest BCUT2D eigenvalue weighted by Gasteiger charge is -2.23. The SMILES string of the molecule is O=S(=O)(NC1CCOCC1)c1cc(CO)cc(F)c1F. The van der Waals surface area contributed by atoms with Crippen LogP contribution in [0.5, 0.6) is 0 Å². The molecule has 0 unspecified atom stereocenters. The largest absolute Gasteiger partial charge is 0.392 e. The molecule has 1 fully saturated rings. The molecule has 1 heterocycles. The quantitative estimate of drug-likeness (QED) is 0.867. The van der Waals surface area contributed by atoms with Gasteiger partial charge in [0.1, 0.15) is 4.90 Å². The highest BCUT2D eigenvalue weighted by Crippen LogP contribution is 2.21. The summed E-state index contributed by atoms with van der Waals surface area (Å²) in [6.45, 7) is 0.262. The number of aliphatic hydroxyl groups excluding tert-OH is 1. The third-order valence-corrected chi connectivity index (χ3v) is 4.59. The summed E-state index contributed by atoms with van der Waals surface area (Å²) in [5.74, 6) is -2.74. The molecule has 2 rings (SSSR count). The Kier molecular flexibility index (Phi) is 4.69. The minimum atomic E-state index is -4.18. The van der Waals surface area contributed by atoms with Gasteiger partial charge in [-0.05, 0) is 30.5 Å². The van der Waals surface area contributed by atoms with E-state index in [1.54, 1.807) is 0 Å². The fourth-order valence-corrected chi connectivity index (χ4v) is 3.44. The monoisotopic (exact) mass is 307 g/mol. The van der Waals surface area contributed by atoms with Gasteiger partial charge in [0.15, 0.2) is 11.6 Å². The molecule has 1 aliphatic heterocycles. The molecule has 1 saturated heterocycles. The lowest BCUT2D eigenvalue weighted by molar-refractivity contribution is 0.0832. The number of halogens is 2. The number of sulfonamides is 1. The van der Waals surface area contributed by atoms with Crippen LogP contribution in [-0.4, -0.2) is 32.8 Å². The zero-order chi connectivity index (χ0) is 14.8. The molecule has 0 aromatic heterocycles. The van der Waals surface area contributed by atoms with Crippen molar-refractivity contribution in [3.63, 3.8) is 0 Å². The van der Waals surface area contributed by atoms with E-state index in [-0.39, 0.29) is 11.6 Å². The first-order chi connectivity index (χ1) is 9.44. The van der Waals surface area contributed by atoms with Crippen LogP contribution in [0.15, 0.2) is 17.0 Å². The second-order valence-electron chi connectivity index (χ2n) is 4.56. The van der Waals surface area contributed by atoms with Crippen molar-refractivity contribution >= 4 is 10.0 Å². The van der Waals surface area contributed by atoms with E-state index in [0.29, 0.717) is 26.1 Å². The first-order valence-corrected chi connectivity index (χ1v) is 7.61. The molecule has 112 valence electrons. The molecule has 0 aliphatic carbocycles. The van der Waals surface area contributed by atoms with E-state index in [2.05, 4.69) is 4.72 Å². The van der Waals surface area contributed by atoms with Crippen molar-refractivity contribution in [2.24, 2.45) is 0 Å². The van der Waals surface area contributed by atoms with Crippen molar-refractivity contribution in [1.29, 1.82) is 0 Å². The van der Waals surface area contributed by atoms with Crippen LogP contribution in [0.2, 0.25) is 0 Å². The molecule has 8 heteroatoms. The van der Waals surface area contributed by atoms with E-state index in [1.807, 2.05) is 0 Å². The minimum absolute atomic E-state index is 0.00347. The first-order valence-electron chi connectivity index (χ1n) is 6.13. The topological polar surface area (TPSA) is 75.6 Å². The highest BCUT2D eigenvalue weighted by atomic mass is 32.2. The molecule has 20 heavy (non-hydrogen) atoms. The number of aliphatic hydroxyl groups is 1. The highest BCUT2D eigenvalue weighted by Gasteiger charge is 2.26. The summed E-state index contributed by atoms with van der Waals surface area (Å²) in [4.78, 5) is -0.784. The summed E-state index contributed by atoms with van der Waals surface area (Å²) in [5, 5.41) is 8.94. The average molecular weight is 307 g/mol. The Bertz CT molecular complexity index is 585. The molecule has 0 bridgehead atoms. The standard InChI is InChI=1S/C12H15F2NO4S/c13-10-5-8(7-16)6-11(12(10)14)20(17,18)15-9-1-3-19-4-2-9/h5-6,9,15-16H,1-4,7H2. The van der Waals surface area contributed by atoms with Gasteiger partial charge < -0.3 is 9.84 Å². The lowest BCUT2D eigenvalue weighted by Crippen LogP contribution is -2.39. The van der Waals surface area contributed by atoms with Gasteiger partial charge in [-0.3, -0.25) is 0 Å². The molecule has 0 atom stereocenters. The van der Waals surface area contributed by atoms with E-state index in [9.17, 15) is 17.2 Å². The first kappa shape index (κ1) is 15.3. The average Bonchev–Trinajstić information content (AvgIpc) is 2.42. The normalized spacial score (nSPS) is 17.4. The zero-order valence-corrected chi connectivity index (χ0v) is 11.4. The zero-order valence-electron chi connectivity index (χ0n) is 10.6. The molecule has 1 aromatic carbocycles. The van der Waals surface area contributed by atoms with Gasteiger partial charge in [-0.1, -0.05) is 0 Å². The van der Waals surface area contributed by atoms with Gasteiger partial charge in [-0.2, -0.15) is 0 Å². The smallest absolute Gasteiger partial charge is 0.243 e. The van der Waals surface area contributed by atoms with Crippen LogP contribution in [-0.2, 0) is 21.4 Å². The molecule has 0 saturated carbocycles. The Hall–Kier alpha value is -1.09. The van der Waals surface area contributed by atoms with Gasteiger partial charge in [0.2, 0.25) is 10.0 Å². The maximum atomic E-state index is 13.7. The van der Waals surface area contributed by atoms with Gasteiger partial charge in [-0.25, -0.2) is 21.9 Å². The third kappa shape index (κ3) is 3.32. The van der Waals surface area contributed by atoms with E-state index in [0.717, 1.165) is 12.1 Å². The molecule has 1 aromatic rings. The van der Waals surface area contributed by atoms with E-state index >= 15 is 0 Å². The van der Waals surface area contributed by atoms with Crippen molar-refractivity contribution in [2.75, 3.05) is 13.2 Å². The van der Waals surface area contributed by atoms with Crippen molar-refractivity contribution in [3.05, 3.63) is 29.3 Å². The molecule has 2 N–H and O–H groups in total. The molecule has 0 spiro atoms. The summed E-state index contributed by atoms with van der Waals surface area (Å²) in [5.41, 5.74) is -0.00347. The fourth-order valence-electron chi connectivity index (χ4n) is 2.00. The molecular formula is C12H15F2NO4S. The van der Waals surface area contributed by atoms with E-state index in [4.69, 9.17) is 9.84 Å². The number of nitrogens with one attached hydrogen (secondary N) is 1. The number of benzene rings is 1. The van der Waals surface area contributed by atoms with Gasteiger partial charge >= 0.3 is 0 Å². The van der Waals surface area contributed by atoms with Crippen LogP contribution in [0.3, 0.4) is 0 Å². The summed E-state index contributed by atoms with van der Waals surface area (Å²) >= 11 is 0. The Morgan fingerprint density at radius 2 is 1.95 bits per heavy atom. The van der Waals surface area contributed by atoms with Gasteiger partial charge in [0.25, 0.3) is 0 Å². The minimum Gasteiger partial charge on any atom is -0.392 e. The summed E-state index contributed by atoms with van der Waals surface area (Å²) in [7, 11) is -4.18. The molecule has 0 radical (unpaired) electrons. The summed E-state index contributed by atoms with van der Waals surface area (Å²) < 4.78 is 58.6. The number of rotatable bonds is 4. The Balaban J connectivity index is 2.30. The molecule has 5 nitrogen and oxygen atoms in total. The van der Waals surface area contributed by atoms with Crippen LogP contribution in [0.4, 0.5) is 8.78 Å². The van der Waals surface area contributed by atoms with Crippen molar-refractivity contribution in [3.8, 4) is 0 Å². The predicted molar refractivity (Wildman–Crippen MR) is 66.4 cm³/mol.